The number of nitrogens with zero attached hydrogens (tertiary/aromatic N) is 7. The fourth-order valence-electron chi connectivity index (χ4n) is 4.72. The van der Waals surface area contributed by atoms with Crippen LogP contribution in [0, 0.1) is 6.92 Å². The van der Waals surface area contributed by atoms with Crippen LogP contribution in [0.2, 0.25) is 0 Å². The molecule has 4 aromatic rings. The molecule has 0 aliphatic carbocycles. The van der Waals surface area contributed by atoms with E-state index < -0.39 is 10.6 Å². The van der Waals surface area contributed by atoms with Crippen molar-refractivity contribution in [3.63, 3.8) is 0 Å². The Morgan fingerprint density at radius 2 is 2.03 bits per heavy atom. The first-order chi connectivity index (χ1) is 17.8. The van der Waals surface area contributed by atoms with Gasteiger partial charge in [-0.25, -0.2) is 19.3 Å². The van der Waals surface area contributed by atoms with E-state index in [4.69, 9.17) is 4.98 Å². The summed E-state index contributed by atoms with van der Waals surface area (Å²) in [5.41, 5.74) is 5.04. The van der Waals surface area contributed by atoms with Crippen LogP contribution in [0.1, 0.15) is 16.7 Å². The van der Waals surface area contributed by atoms with E-state index in [1.807, 2.05) is 0 Å². The monoisotopic (exact) mass is 517 g/mol. The molecule has 192 valence electrons. The molecule has 4 heterocycles. The number of benzene rings is 1. The van der Waals surface area contributed by atoms with Crippen LogP contribution in [0.15, 0.2) is 58.3 Å². The predicted molar refractivity (Wildman–Crippen MR) is 147 cm³/mol. The Kier molecular flexibility index (Phi) is 6.90. The van der Waals surface area contributed by atoms with Gasteiger partial charge in [-0.05, 0) is 67.8 Å². The summed E-state index contributed by atoms with van der Waals surface area (Å²) >= 11 is 0. The lowest BCUT2D eigenvalue weighted by Gasteiger charge is -2.14. The minimum Gasteiger partial charge on any atom is -0.444 e. The molecule has 0 spiro atoms. The van der Waals surface area contributed by atoms with Crippen molar-refractivity contribution in [3.8, 4) is 5.82 Å². The molecular formula is C26H29N8O2S-. The molecule has 0 fully saturated rings. The van der Waals surface area contributed by atoms with Gasteiger partial charge in [0.25, 0.3) is 5.56 Å². The number of nitrogens with one attached hydrogen (secondary N) is 1. The van der Waals surface area contributed by atoms with Gasteiger partial charge in [0.2, 0.25) is 5.95 Å². The number of likely N-dealkylation sites (N-methyl/N-ethyl adjacent to an activating group) is 1. The van der Waals surface area contributed by atoms with Crippen LogP contribution in [0.25, 0.3) is 16.9 Å². The maximum Gasteiger partial charge on any atom is 0.278 e. The summed E-state index contributed by atoms with van der Waals surface area (Å²) in [5, 5.41) is 3.69. The van der Waals surface area contributed by atoms with Gasteiger partial charge in [0.1, 0.15) is 11.2 Å². The fraction of sp³-hybridized carbons (Fsp3) is 0.308. The van der Waals surface area contributed by atoms with Gasteiger partial charge >= 0.3 is 0 Å². The van der Waals surface area contributed by atoms with Crippen molar-refractivity contribution in [2.45, 2.75) is 26.3 Å². The molecule has 1 aliphatic rings. The van der Waals surface area contributed by atoms with E-state index in [0.717, 1.165) is 31.6 Å². The summed E-state index contributed by atoms with van der Waals surface area (Å²) < 4.78 is 18.8. The largest absolute Gasteiger partial charge is 0.444 e. The highest BCUT2D eigenvalue weighted by molar-refractivity contribution is 7.74. The Morgan fingerprint density at radius 1 is 1.22 bits per heavy atom. The minimum absolute atomic E-state index is 0.249. The van der Waals surface area contributed by atoms with Crippen molar-refractivity contribution < 1.29 is 4.21 Å². The Balaban J connectivity index is 1.60. The number of pyridine rings is 1. The molecule has 1 aliphatic heterocycles. The molecule has 0 radical (unpaired) electrons. The van der Waals surface area contributed by atoms with Gasteiger partial charge in [0, 0.05) is 25.0 Å². The third-order valence-electron chi connectivity index (χ3n) is 6.46. The number of hydrogen-bond donors (Lipinski definition) is 1. The Labute approximate surface area is 216 Å². The first-order valence-corrected chi connectivity index (χ1v) is 13.6. The molecule has 37 heavy (non-hydrogen) atoms. The molecule has 0 bridgehead atoms. The van der Waals surface area contributed by atoms with Gasteiger partial charge in [-0.2, -0.15) is 15.6 Å². The van der Waals surface area contributed by atoms with Crippen LogP contribution in [-0.2, 0) is 34.2 Å². The lowest BCUT2D eigenvalue weighted by molar-refractivity contribution is 0.352. The smallest absolute Gasteiger partial charge is 0.278 e. The van der Waals surface area contributed by atoms with Crippen LogP contribution >= 0.6 is 0 Å². The number of allylic oxidation sites excluding steroid dienone is 1. The van der Waals surface area contributed by atoms with Crippen molar-refractivity contribution in [1.29, 1.82) is 0 Å². The van der Waals surface area contributed by atoms with Crippen molar-refractivity contribution >= 4 is 39.1 Å². The predicted octanol–water partition coefficient (Wildman–Crippen LogP) is 3.65. The van der Waals surface area contributed by atoms with Crippen LogP contribution < -0.4 is 10.9 Å². The molecule has 0 amide bonds. The third kappa shape index (κ3) is 5.05. The number of anilines is 2. The average molecular weight is 518 g/mol. The molecule has 0 saturated carbocycles. The van der Waals surface area contributed by atoms with Crippen LogP contribution in [0.5, 0.6) is 0 Å². The molecule has 0 atom stereocenters. The van der Waals surface area contributed by atoms with Crippen molar-refractivity contribution in [1.82, 2.24) is 29.2 Å². The highest BCUT2D eigenvalue weighted by Gasteiger charge is 2.19. The highest BCUT2D eigenvalue weighted by Crippen LogP contribution is 2.26. The standard InChI is InChI=1S/C26H29N8O2S/c1-5-11-33-25(35)21-16-27-26(28-19-14-17(2)20-10-13-32(3)12-9-18(20)15-19)30-24(21)34(33)23-8-6-7-22(29-23)31-37(4)36/h5-8,14-16H,1,9-13H2,2-4H3,(H,27,28,30)/q-1. The van der Waals surface area contributed by atoms with Gasteiger partial charge in [-0.3, -0.25) is 4.79 Å². The first kappa shape index (κ1) is 24.8. The lowest BCUT2D eigenvalue weighted by Crippen LogP contribution is -2.22. The fourth-order valence-corrected chi connectivity index (χ4v) is 5.08. The summed E-state index contributed by atoms with van der Waals surface area (Å²) in [6.07, 6.45) is 6.66. The van der Waals surface area contributed by atoms with E-state index in [2.05, 4.69) is 57.2 Å². The zero-order chi connectivity index (χ0) is 26.1. The van der Waals surface area contributed by atoms with Crippen molar-refractivity contribution in [2.24, 2.45) is 4.36 Å². The van der Waals surface area contributed by atoms with E-state index in [1.165, 1.54) is 33.8 Å². The molecule has 0 unspecified atom stereocenters. The summed E-state index contributed by atoms with van der Waals surface area (Å²) in [7, 11) is 0.740. The lowest BCUT2D eigenvalue weighted by atomic mass is 9.97. The van der Waals surface area contributed by atoms with Gasteiger partial charge in [-0.1, -0.05) is 12.1 Å². The Morgan fingerprint density at radius 3 is 2.81 bits per heavy atom. The van der Waals surface area contributed by atoms with Gasteiger partial charge in [-0.15, -0.1) is 12.8 Å². The SMILES string of the molecule is C=CCn1c(=O)c2cnc(Nc3cc(C)c4c(c3)CCN(C)CC4)nc2n1-c1cccc(N=[S-](C)=O)n1. The van der Waals surface area contributed by atoms with Gasteiger partial charge in [0.15, 0.2) is 11.5 Å². The molecule has 3 aromatic heterocycles. The molecule has 5 rings (SSSR count). The van der Waals surface area contributed by atoms with Crippen molar-refractivity contribution in [2.75, 3.05) is 31.7 Å². The molecule has 10 nitrogen and oxygen atoms in total. The number of aryl methyl sites for hydroxylation is 1. The van der Waals surface area contributed by atoms with Gasteiger partial charge in [0.05, 0.1) is 6.54 Å². The molecule has 0 saturated heterocycles. The molecule has 11 heteroatoms. The zero-order valence-electron chi connectivity index (χ0n) is 21.1. The van der Waals surface area contributed by atoms with Gasteiger partial charge < -0.3 is 18.8 Å². The van der Waals surface area contributed by atoms with Crippen molar-refractivity contribution in [3.05, 3.63) is 76.2 Å². The van der Waals surface area contributed by atoms with E-state index in [0.29, 0.717) is 28.6 Å². The Bertz CT molecular complexity index is 1650. The van der Waals surface area contributed by atoms with E-state index in [1.54, 1.807) is 29.0 Å². The Hall–Kier alpha value is -3.83. The number of aromatic nitrogens is 5. The highest BCUT2D eigenvalue weighted by atomic mass is 32.2. The zero-order valence-corrected chi connectivity index (χ0v) is 22.0. The molecule has 1 N–H and O–H groups in total. The summed E-state index contributed by atoms with van der Waals surface area (Å²) in [6, 6.07) is 9.44. The first-order valence-electron chi connectivity index (χ1n) is 12.0. The third-order valence-corrected chi connectivity index (χ3v) is 6.91. The minimum atomic E-state index is -1.41. The second kappa shape index (κ2) is 10.3. The average Bonchev–Trinajstić information content (AvgIpc) is 2.98. The number of rotatable bonds is 6. The quantitative estimate of drug-likeness (QED) is 0.307. The van der Waals surface area contributed by atoms with Crippen LogP contribution in [0.4, 0.5) is 17.5 Å². The van der Waals surface area contributed by atoms with E-state index >= 15 is 0 Å². The molecular weight excluding hydrogens is 488 g/mol. The second-order valence-corrected chi connectivity index (χ2v) is 10.2. The number of fused-ring (bicyclic) bond motifs is 2. The summed E-state index contributed by atoms with van der Waals surface area (Å²) in [4.78, 5) is 29.2. The maximum absolute atomic E-state index is 13.2. The van der Waals surface area contributed by atoms with E-state index in [-0.39, 0.29) is 12.1 Å². The van der Waals surface area contributed by atoms with Crippen LogP contribution in [0.3, 0.4) is 0 Å². The molecule has 1 aromatic carbocycles. The normalized spacial score (nSPS) is 14.9. The summed E-state index contributed by atoms with van der Waals surface area (Å²) in [6.45, 7) is 8.24. The van der Waals surface area contributed by atoms with E-state index in [9.17, 15) is 9.00 Å². The number of hydrogen-bond acceptors (Lipinski definition) is 9. The topological polar surface area (TPSA) is 110 Å². The summed E-state index contributed by atoms with van der Waals surface area (Å²) in [5.74, 6) is 1.10. The second-order valence-electron chi connectivity index (χ2n) is 9.15. The van der Waals surface area contributed by atoms with Crippen LogP contribution in [-0.4, -0.2) is 55.6 Å². The maximum atomic E-state index is 13.2.